The predicted octanol–water partition coefficient (Wildman–Crippen LogP) is 3.59. The third kappa shape index (κ3) is 3.58. The van der Waals surface area contributed by atoms with Crippen LogP contribution in [0.2, 0.25) is 0 Å². The van der Waals surface area contributed by atoms with Crippen molar-refractivity contribution in [2.75, 3.05) is 13.7 Å². The molecule has 0 aromatic carbocycles. The summed E-state index contributed by atoms with van der Waals surface area (Å²) in [5.41, 5.74) is -0.137. The van der Waals surface area contributed by atoms with Gasteiger partial charge < -0.3 is 4.74 Å². The Hall–Kier alpha value is -0.370. The van der Waals surface area contributed by atoms with E-state index in [1.807, 2.05) is 0 Å². The Labute approximate surface area is 99.8 Å². The van der Waals surface area contributed by atoms with E-state index in [9.17, 15) is 4.79 Å². The molecule has 1 saturated carbocycles. The fourth-order valence-electron chi connectivity index (χ4n) is 2.69. The SMILES string of the molecule is COCC1(C(=O)CCC(C)C)CCCCC1. The number of ketones is 1. The first kappa shape index (κ1) is 13.7. The van der Waals surface area contributed by atoms with Gasteiger partial charge in [-0.15, -0.1) is 0 Å². The molecule has 0 atom stereocenters. The number of carbonyl (C=O) groups is 1. The molecule has 0 heterocycles. The highest BCUT2D eigenvalue weighted by atomic mass is 16.5. The Bertz CT molecular complexity index is 209. The molecular weight excluding hydrogens is 200 g/mol. The van der Waals surface area contributed by atoms with Crippen LogP contribution in [0.3, 0.4) is 0 Å². The molecular formula is C14H26O2. The molecule has 0 aromatic rings. The lowest BCUT2D eigenvalue weighted by molar-refractivity contribution is -0.134. The highest BCUT2D eigenvalue weighted by Gasteiger charge is 2.38. The van der Waals surface area contributed by atoms with Crippen LogP contribution in [0.5, 0.6) is 0 Å². The van der Waals surface area contributed by atoms with E-state index >= 15 is 0 Å². The van der Waals surface area contributed by atoms with E-state index in [-0.39, 0.29) is 5.41 Å². The Morgan fingerprint density at radius 3 is 2.38 bits per heavy atom. The molecule has 0 unspecified atom stereocenters. The highest BCUT2D eigenvalue weighted by molar-refractivity contribution is 5.85. The van der Waals surface area contributed by atoms with Crippen LogP contribution in [-0.2, 0) is 9.53 Å². The molecule has 0 saturated heterocycles. The Morgan fingerprint density at radius 1 is 1.25 bits per heavy atom. The van der Waals surface area contributed by atoms with Crippen LogP contribution in [0.25, 0.3) is 0 Å². The minimum Gasteiger partial charge on any atom is -0.384 e. The molecule has 0 aromatic heterocycles. The van der Waals surface area contributed by atoms with E-state index < -0.39 is 0 Å². The summed E-state index contributed by atoms with van der Waals surface area (Å²) in [5, 5.41) is 0. The Morgan fingerprint density at radius 2 is 1.88 bits per heavy atom. The number of rotatable bonds is 6. The quantitative estimate of drug-likeness (QED) is 0.692. The molecule has 0 radical (unpaired) electrons. The molecule has 1 rings (SSSR count). The predicted molar refractivity (Wildman–Crippen MR) is 66.5 cm³/mol. The third-order valence-corrected chi connectivity index (χ3v) is 3.77. The molecule has 1 aliphatic rings. The molecule has 1 aliphatic carbocycles. The summed E-state index contributed by atoms with van der Waals surface area (Å²) in [6.07, 6.45) is 7.50. The van der Waals surface area contributed by atoms with Gasteiger partial charge >= 0.3 is 0 Å². The number of Topliss-reactive ketones (excluding diaryl/α,β-unsaturated/α-hetero) is 1. The second-order valence-electron chi connectivity index (χ2n) is 5.63. The van der Waals surface area contributed by atoms with Crippen LogP contribution >= 0.6 is 0 Å². The zero-order valence-electron chi connectivity index (χ0n) is 11.1. The number of hydrogen-bond donors (Lipinski definition) is 0. The minimum atomic E-state index is -0.137. The fourth-order valence-corrected chi connectivity index (χ4v) is 2.69. The molecule has 16 heavy (non-hydrogen) atoms. The maximum atomic E-state index is 12.3. The summed E-state index contributed by atoms with van der Waals surface area (Å²) in [7, 11) is 1.71. The van der Waals surface area contributed by atoms with Gasteiger partial charge in [0.1, 0.15) is 5.78 Å². The Kier molecular flexibility index (Phi) is 5.47. The molecule has 2 heteroatoms. The van der Waals surface area contributed by atoms with E-state index in [1.165, 1.54) is 19.3 Å². The van der Waals surface area contributed by atoms with E-state index in [4.69, 9.17) is 4.74 Å². The van der Waals surface area contributed by atoms with Crippen LogP contribution in [-0.4, -0.2) is 19.5 Å². The smallest absolute Gasteiger partial charge is 0.141 e. The van der Waals surface area contributed by atoms with Gasteiger partial charge in [0.15, 0.2) is 0 Å². The zero-order valence-corrected chi connectivity index (χ0v) is 11.1. The summed E-state index contributed by atoms with van der Waals surface area (Å²) >= 11 is 0. The van der Waals surface area contributed by atoms with Gasteiger partial charge in [0.2, 0.25) is 0 Å². The van der Waals surface area contributed by atoms with Crippen molar-refractivity contribution in [3.05, 3.63) is 0 Å². The number of methoxy groups -OCH3 is 1. The molecule has 0 amide bonds. The standard InChI is InChI=1S/C14H26O2/c1-12(2)7-8-13(15)14(11-16-3)9-5-4-6-10-14/h12H,4-11H2,1-3H3. The monoisotopic (exact) mass is 226 g/mol. The first-order valence-corrected chi connectivity index (χ1v) is 6.63. The van der Waals surface area contributed by atoms with Crippen molar-refractivity contribution in [3.63, 3.8) is 0 Å². The lowest BCUT2D eigenvalue weighted by Gasteiger charge is -2.35. The van der Waals surface area contributed by atoms with E-state index in [2.05, 4.69) is 13.8 Å². The average Bonchev–Trinajstić information content (AvgIpc) is 2.27. The molecule has 0 N–H and O–H groups in total. The van der Waals surface area contributed by atoms with Crippen LogP contribution in [0.1, 0.15) is 58.8 Å². The van der Waals surface area contributed by atoms with Gasteiger partial charge in [-0.1, -0.05) is 33.1 Å². The van der Waals surface area contributed by atoms with Crippen LogP contribution < -0.4 is 0 Å². The summed E-state index contributed by atoms with van der Waals surface area (Å²) < 4.78 is 5.29. The molecule has 0 aliphatic heterocycles. The van der Waals surface area contributed by atoms with Crippen molar-refractivity contribution in [2.45, 2.75) is 58.8 Å². The maximum absolute atomic E-state index is 12.3. The summed E-state index contributed by atoms with van der Waals surface area (Å²) in [4.78, 5) is 12.3. The zero-order chi connectivity index (χ0) is 12.0. The largest absolute Gasteiger partial charge is 0.384 e. The van der Waals surface area contributed by atoms with Crippen molar-refractivity contribution in [1.29, 1.82) is 0 Å². The van der Waals surface area contributed by atoms with E-state index in [0.717, 1.165) is 25.7 Å². The van der Waals surface area contributed by atoms with Gasteiger partial charge in [0.25, 0.3) is 0 Å². The van der Waals surface area contributed by atoms with Crippen molar-refractivity contribution in [2.24, 2.45) is 11.3 Å². The minimum absolute atomic E-state index is 0.137. The number of carbonyl (C=O) groups excluding carboxylic acids is 1. The summed E-state index contributed by atoms with van der Waals surface area (Å²) in [6, 6.07) is 0. The average molecular weight is 226 g/mol. The highest BCUT2D eigenvalue weighted by Crippen LogP contribution is 2.38. The summed E-state index contributed by atoms with van der Waals surface area (Å²) in [6.45, 7) is 4.98. The van der Waals surface area contributed by atoms with Crippen molar-refractivity contribution < 1.29 is 9.53 Å². The molecule has 94 valence electrons. The van der Waals surface area contributed by atoms with Crippen molar-refractivity contribution >= 4 is 5.78 Å². The lowest BCUT2D eigenvalue weighted by Crippen LogP contribution is -2.37. The van der Waals surface area contributed by atoms with Gasteiger partial charge in [-0.05, 0) is 25.2 Å². The van der Waals surface area contributed by atoms with Gasteiger partial charge in [-0.3, -0.25) is 4.79 Å². The number of hydrogen-bond acceptors (Lipinski definition) is 2. The van der Waals surface area contributed by atoms with Gasteiger partial charge in [0.05, 0.1) is 12.0 Å². The molecule has 1 fully saturated rings. The second-order valence-corrected chi connectivity index (χ2v) is 5.63. The molecule has 0 spiro atoms. The second kappa shape index (κ2) is 6.39. The van der Waals surface area contributed by atoms with Crippen LogP contribution in [0.15, 0.2) is 0 Å². The summed E-state index contributed by atoms with van der Waals surface area (Å²) in [5.74, 6) is 1.06. The first-order chi connectivity index (χ1) is 7.60. The van der Waals surface area contributed by atoms with E-state index in [1.54, 1.807) is 7.11 Å². The van der Waals surface area contributed by atoms with E-state index in [0.29, 0.717) is 18.3 Å². The molecule has 2 nitrogen and oxygen atoms in total. The van der Waals surface area contributed by atoms with Crippen molar-refractivity contribution in [3.8, 4) is 0 Å². The van der Waals surface area contributed by atoms with Crippen molar-refractivity contribution in [1.82, 2.24) is 0 Å². The molecule has 0 bridgehead atoms. The topological polar surface area (TPSA) is 26.3 Å². The van der Waals surface area contributed by atoms with Gasteiger partial charge in [-0.2, -0.15) is 0 Å². The van der Waals surface area contributed by atoms with Gasteiger partial charge in [-0.25, -0.2) is 0 Å². The lowest BCUT2D eigenvalue weighted by atomic mass is 9.70. The fraction of sp³-hybridized carbons (Fsp3) is 0.929. The van der Waals surface area contributed by atoms with Crippen LogP contribution in [0, 0.1) is 11.3 Å². The first-order valence-electron chi connectivity index (χ1n) is 6.63. The maximum Gasteiger partial charge on any atom is 0.141 e. The number of ether oxygens (including phenoxy) is 1. The Balaban J connectivity index is 2.57. The normalized spacial score (nSPS) is 20.0. The van der Waals surface area contributed by atoms with Crippen LogP contribution in [0.4, 0.5) is 0 Å². The van der Waals surface area contributed by atoms with Gasteiger partial charge in [0, 0.05) is 13.5 Å². The third-order valence-electron chi connectivity index (χ3n) is 3.77.